The van der Waals surface area contributed by atoms with Crippen LogP contribution in [-0.2, 0) is 10.8 Å². The van der Waals surface area contributed by atoms with Gasteiger partial charge >= 0.3 is 0 Å². The van der Waals surface area contributed by atoms with Crippen molar-refractivity contribution in [1.82, 2.24) is 9.97 Å². The molecule has 0 bridgehead atoms. The fourth-order valence-corrected chi connectivity index (χ4v) is 3.09. The third kappa shape index (κ3) is 3.39. The molecule has 0 atom stereocenters. The number of aromatic nitrogens is 2. The molecule has 1 saturated heterocycles. The largest absolute Gasteiger partial charge is 0.367 e. The van der Waals surface area contributed by atoms with Crippen LogP contribution in [0.1, 0.15) is 12.8 Å². The van der Waals surface area contributed by atoms with Crippen molar-refractivity contribution in [3.05, 3.63) is 12.3 Å². The average Bonchev–Trinajstić information content (AvgIpc) is 2.32. The Labute approximate surface area is 104 Å². The molecule has 1 aromatic heterocycles. The van der Waals surface area contributed by atoms with Gasteiger partial charge in [0.05, 0.1) is 0 Å². The molecule has 1 aromatic rings. The van der Waals surface area contributed by atoms with E-state index in [1.807, 2.05) is 25.1 Å². The highest BCUT2D eigenvalue weighted by molar-refractivity contribution is 7.85. The Hall–Kier alpha value is -1.17. The van der Waals surface area contributed by atoms with E-state index in [0.29, 0.717) is 12.0 Å². The molecular weight excluding hydrogens is 236 g/mol. The molecule has 0 saturated carbocycles. The summed E-state index contributed by atoms with van der Waals surface area (Å²) in [5.41, 5.74) is 0. The zero-order chi connectivity index (χ0) is 12.3. The van der Waals surface area contributed by atoms with E-state index < -0.39 is 10.8 Å². The molecule has 0 radical (unpaired) electrons. The molecule has 1 aliphatic heterocycles. The van der Waals surface area contributed by atoms with Crippen LogP contribution < -0.4 is 10.2 Å². The van der Waals surface area contributed by atoms with Gasteiger partial charge in [-0.25, -0.2) is 4.98 Å². The van der Waals surface area contributed by atoms with Crippen molar-refractivity contribution in [3.63, 3.8) is 0 Å². The molecule has 0 amide bonds. The molecule has 5 nitrogen and oxygen atoms in total. The van der Waals surface area contributed by atoms with E-state index in [-0.39, 0.29) is 0 Å². The van der Waals surface area contributed by atoms with Crippen molar-refractivity contribution in [3.8, 4) is 0 Å². The number of rotatable bonds is 3. The average molecular weight is 254 g/mol. The lowest BCUT2D eigenvalue weighted by molar-refractivity contribution is 0.622. The quantitative estimate of drug-likeness (QED) is 0.867. The molecule has 6 heteroatoms. The summed E-state index contributed by atoms with van der Waals surface area (Å²) in [5, 5.41) is 3.38. The highest BCUT2D eigenvalue weighted by atomic mass is 32.2. The molecule has 0 unspecified atom stereocenters. The lowest BCUT2D eigenvalue weighted by Crippen LogP contribution is -2.29. The van der Waals surface area contributed by atoms with Gasteiger partial charge in [-0.05, 0) is 18.9 Å². The fraction of sp³-hybridized carbons (Fsp3) is 0.636. The monoisotopic (exact) mass is 254 g/mol. The van der Waals surface area contributed by atoms with Crippen LogP contribution in [0.3, 0.4) is 0 Å². The molecule has 94 valence electrons. The molecule has 1 N–H and O–H groups in total. The topological polar surface area (TPSA) is 58.1 Å². The van der Waals surface area contributed by atoms with Gasteiger partial charge in [0, 0.05) is 48.6 Å². The fourth-order valence-electron chi connectivity index (χ4n) is 1.79. The summed E-state index contributed by atoms with van der Waals surface area (Å²) in [6, 6.07) is 2.26. The molecule has 2 rings (SSSR count). The summed E-state index contributed by atoms with van der Waals surface area (Å²) < 4.78 is 11.3. The molecule has 2 heterocycles. The van der Waals surface area contributed by atoms with Crippen LogP contribution in [0.4, 0.5) is 11.8 Å². The number of nitrogens with one attached hydrogen (secondary N) is 1. The summed E-state index contributed by atoms with van der Waals surface area (Å²) in [5.74, 6) is 3.14. The summed E-state index contributed by atoms with van der Waals surface area (Å²) in [6.45, 7) is 0. The molecule has 17 heavy (non-hydrogen) atoms. The third-order valence-corrected chi connectivity index (χ3v) is 4.16. The lowest BCUT2D eigenvalue weighted by atomic mass is 10.1. The van der Waals surface area contributed by atoms with E-state index in [1.54, 1.807) is 6.20 Å². The Kier molecular flexibility index (Phi) is 3.93. The molecule has 0 spiro atoms. The number of hydrogen-bond donors (Lipinski definition) is 1. The van der Waals surface area contributed by atoms with Gasteiger partial charge in [-0.15, -0.1) is 0 Å². The molecular formula is C11H18N4OS. The van der Waals surface area contributed by atoms with Gasteiger partial charge in [-0.2, -0.15) is 4.98 Å². The second-order valence-electron chi connectivity index (χ2n) is 4.40. The minimum atomic E-state index is -0.612. The van der Waals surface area contributed by atoms with E-state index in [1.165, 1.54) is 0 Å². The second-order valence-corrected chi connectivity index (χ2v) is 6.10. The van der Waals surface area contributed by atoms with E-state index in [2.05, 4.69) is 15.3 Å². The number of anilines is 2. The van der Waals surface area contributed by atoms with Gasteiger partial charge in [-0.3, -0.25) is 4.21 Å². The Bertz CT molecular complexity index is 400. The maximum Gasteiger partial charge on any atom is 0.226 e. The van der Waals surface area contributed by atoms with Crippen LogP contribution in [0, 0.1) is 0 Å². The minimum absolute atomic E-state index is 0.387. The molecule has 0 aliphatic carbocycles. The van der Waals surface area contributed by atoms with Gasteiger partial charge < -0.3 is 10.2 Å². The SMILES string of the molecule is CN(C)c1nccc(NC2CCS(=O)CC2)n1. The molecule has 0 aromatic carbocycles. The first-order valence-corrected chi connectivity index (χ1v) is 7.26. The highest BCUT2D eigenvalue weighted by Crippen LogP contribution is 2.15. The Morgan fingerprint density at radius 1 is 1.41 bits per heavy atom. The van der Waals surface area contributed by atoms with Gasteiger partial charge in [-0.1, -0.05) is 0 Å². The number of hydrogen-bond acceptors (Lipinski definition) is 5. The summed E-state index contributed by atoms with van der Waals surface area (Å²) >= 11 is 0. The van der Waals surface area contributed by atoms with Crippen molar-refractivity contribution < 1.29 is 4.21 Å². The van der Waals surface area contributed by atoms with E-state index in [0.717, 1.165) is 30.2 Å². The van der Waals surface area contributed by atoms with Crippen molar-refractivity contribution in [2.24, 2.45) is 0 Å². The second kappa shape index (κ2) is 5.44. The van der Waals surface area contributed by atoms with Crippen molar-refractivity contribution >= 4 is 22.6 Å². The van der Waals surface area contributed by atoms with Gasteiger partial charge in [0.2, 0.25) is 5.95 Å². The van der Waals surface area contributed by atoms with Crippen molar-refractivity contribution in [2.45, 2.75) is 18.9 Å². The lowest BCUT2D eigenvalue weighted by Gasteiger charge is -2.23. The standard InChI is InChI=1S/C11H18N4OS/c1-15(2)11-12-6-3-10(14-11)13-9-4-7-17(16)8-5-9/h3,6,9H,4-5,7-8H2,1-2H3,(H,12,13,14). The van der Waals surface area contributed by atoms with E-state index in [9.17, 15) is 4.21 Å². The third-order valence-electron chi connectivity index (χ3n) is 2.78. The first kappa shape index (κ1) is 12.3. The first-order valence-electron chi connectivity index (χ1n) is 5.77. The van der Waals surface area contributed by atoms with Crippen LogP contribution in [-0.4, -0.2) is 45.8 Å². The van der Waals surface area contributed by atoms with E-state index in [4.69, 9.17) is 0 Å². The first-order chi connectivity index (χ1) is 8.15. The van der Waals surface area contributed by atoms with Gasteiger partial charge in [0.15, 0.2) is 0 Å². The maximum atomic E-state index is 11.3. The van der Waals surface area contributed by atoms with Gasteiger partial charge in [0.25, 0.3) is 0 Å². The van der Waals surface area contributed by atoms with Crippen LogP contribution in [0.5, 0.6) is 0 Å². The van der Waals surface area contributed by atoms with Gasteiger partial charge in [0.1, 0.15) is 5.82 Å². The zero-order valence-corrected chi connectivity index (χ0v) is 11.0. The Morgan fingerprint density at radius 3 is 2.76 bits per heavy atom. The van der Waals surface area contributed by atoms with Crippen LogP contribution in [0.15, 0.2) is 12.3 Å². The van der Waals surface area contributed by atoms with Crippen LogP contribution in [0.25, 0.3) is 0 Å². The highest BCUT2D eigenvalue weighted by Gasteiger charge is 2.17. The predicted octanol–water partition coefficient (Wildman–Crippen LogP) is 0.866. The Morgan fingerprint density at radius 2 is 2.12 bits per heavy atom. The zero-order valence-electron chi connectivity index (χ0n) is 10.2. The smallest absolute Gasteiger partial charge is 0.226 e. The normalized spacial score (nSPS) is 24.4. The van der Waals surface area contributed by atoms with Crippen LogP contribution >= 0.6 is 0 Å². The molecule has 1 aliphatic rings. The minimum Gasteiger partial charge on any atom is -0.367 e. The predicted molar refractivity (Wildman–Crippen MR) is 70.9 cm³/mol. The van der Waals surface area contributed by atoms with Crippen LogP contribution in [0.2, 0.25) is 0 Å². The molecule has 1 fully saturated rings. The maximum absolute atomic E-state index is 11.3. The summed E-state index contributed by atoms with van der Waals surface area (Å²) in [6.07, 6.45) is 3.66. The Balaban J connectivity index is 1.98. The number of nitrogens with zero attached hydrogens (tertiary/aromatic N) is 3. The summed E-state index contributed by atoms with van der Waals surface area (Å²) in [4.78, 5) is 10.5. The van der Waals surface area contributed by atoms with Crippen molar-refractivity contribution in [2.75, 3.05) is 35.8 Å². The van der Waals surface area contributed by atoms with Crippen molar-refractivity contribution in [1.29, 1.82) is 0 Å². The summed E-state index contributed by atoms with van der Waals surface area (Å²) in [7, 11) is 3.23. The van der Waals surface area contributed by atoms with E-state index >= 15 is 0 Å².